The first-order chi connectivity index (χ1) is 22.3. The van der Waals surface area contributed by atoms with Crippen molar-refractivity contribution in [1.82, 2.24) is 9.80 Å². The normalized spacial score (nSPS) is 26.6. The van der Waals surface area contributed by atoms with Crippen molar-refractivity contribution in [2.45, 2.75) is 43.9 Å². The predicted octanol–water partition coefficient (Wildman–Crippen LogP) is 2.02. The molecule has 2 aromatic rings. The minimum Gasteiger partial charge on any atom is -0.508 e. The molecule has 248 valence electrons. The SMILES string of the molecule is COC(=O)C1CCN(Cc2ccc(-c3ccc(O)c4c3C[C@@H]3C[C@@H]5[C@@H](N(C)C)C(=O)C(C(N)=O)=C(O)[C@@]5(O)C(=O)C3=C4O)cc2)CC1. The van der Waals surface area contributed by atoms with Crippen molar-refractivity contribution in [3.8, 4) is 16.9 Å². The Morgan fingerprint density at radius 2 is 1.70 bits per heavy atom. The molecule has 2 aromatic carbocycles. The average Bonchev–Trinajstić information content (AvgIpc) is 3.03. The van der Waals surface area contributed by atoms with Crippen LogP contribution >= 0.6 is 0 Å². The molecule has 3 aliphatic carbocycles. The molecule has 12 nitrogen and oxygen atoms in total. The third-order valence-corrected chi connectivity index (χ3v) is 10.4. The molecular formula is C35H39N3O9. The van der Waals surface area contributed by atoms with Crippen molar-refractivity contribution < 1.29 is 44.3 Å². The van der Waals surface area contributed by atoms with Crippen molar-refractivity contribution in [1.29, 1.82) is 0 Å². The second-order valence-electron chi connectivity index (χ2n) is 13.2. The number of primary amides is 1. The Morgan fingerprint density at radius 3 is 2.30 bits per heavy atom. The number of aliphatic hydroxyl groups excluding tert-OH is 2. The number of likely N-dealkylation sites (tertiary alicyclic amines) is 1. The van der Waals surface area contributed by atoms with Crippen LogP contribution in [0.1, 0.15) is 36.0 Å². The van der Waals surface area contributed by atoms with E-state index in [1.165, 1.54) is 18.1 Å². The molecule has 4 atom stereocenters. The molecule has 6 N–H and O–H groups in total. The number of hydrogen-bond donors (Lipinski definition) is 5. The van der Waals surface area contributed by atoms with Gasteiger partial charge in [0.2, 0.25) is 5.78 Å². The first-order valence-electron chi connectivity index (χ1n) is 15.7. The van der Waals surface area contributed by atoms with Crippen molar-refractivity contribution in [2.24, 2.45) is 23.5 Å². The lowest BCUT2D eigenvalue weighted by atomic mass is 9.57. The molecule has 12 heteroatoms. The first-order valence-corrected chi connectivity index (χ1v) is 15.7. The van der Waals surface area contributed by atoms with E-state index in [0.717, 1.165) is 42.6 Å². The molecule has 1 saturated carbocycles. The average molecular weight is 646 g/mol. The summed E-state index contributed by atoms with van der Waals surface area (Å²) in [4.78, 5) is 55.2. The third kappa shape index (κ3) is 5.11. The van der Waals surface area contributed by atoms with E-state index in [9.17, 15) is 39.6 Å². The summed E-state index contributed by atoms with van der Waals surface area (Å²) in [5.74, 6) is -7.03. The molecule has 1 heterocycles. The fourth-order valence-corrected chi connectivity index (χ4v) is 8.06. The van der Waals surface area contributed by atoms with Crippen LogP contribution in [0.5, 0.6) is 5.75 Å². The van der Waals surface area contributed by atoms with Gasteiger partial charge in [0.05, 0.1) is 24.6 Å². The highest BCUT2D eigenvalue weighted by atomic mass is 16.5. The number of Topliss-reactive ketones (excluding diaryl/α,β-unsaturated/α-hetero) is 2. The number of carbonyl (C=O) groups excluding carboxylic acids is 4. The highest BCUT2D eigenvalue weighted by Crippen LogP contribution is 2.53. The zero-order chi connectivity index (χ0) is 33.9. The van der Waals surface area contributed by atoms with Gasteiger partial charge in [-0.2, -0.15) is 0 Å². The molecule has 0 radical (unpaired) electrons. The van der Waals surface area contributed by atoms with Crippen molar-refractivity contribution in [2.75, 3.05) is 34.3 Å². The Kier molecular flexibility index (Phi) is 8.23. The number of ketones is 2. The van der Waals surface area contributed by atoms with Gasteiger partial charge in [0, 0.05) is 18.0 Å². The molecule has 0 spiro atoms. The summed E-state index contributed by atoms with van der Waals surface area (Å²) >= 11 is 0. The maximum atomic E-state index is 14.1. The number of esters is 1. The van der Waals surface area contributed by atoms with Crippen LogP contribution in [0.4, 0.5) is 0 Å². The zero-order valence-electron chi connectivity index (χ0n) is 26.5. The smallest absolute Gasteiger partial charge is 0.308 e. The first kappa shape index (κ1) is 32.4. The summed E-state index contributed by atoms with van der Waals surface area (Å²) < 4.78 is 4.89. The summed E-state index contributed by atoms with van der Waals surface area (Å²) in [6.07, 6.45) is 1.72. The molecule has 2 fully saturated rings. The zero-order valence-corrected chi connectivity index (χ0v) is 26.5. The van der Waals surface area contributed by atoms with E-state index in [4.69, 9.17) is 10.5 Å². The Hall–Kier alpha value is -4.52. The highest BCUT2D eigenvalue weighted by Gasteiger charge is 2.64. The van der Waals surface area contributed by atoms with Gasteiger partial charge >= 0.3 is 5.97 Å². The maximum absolute atomic E-state index is 14.1. The fraction of sp³-hybridized carbons (Fsp3) is 0.429. The minimum absolute atomic E-state index is 0.0203. The molecule has 1 amide bonds. The number of rotatable bonds is 6. The number of fused-ring (bicyclic) bond motifs is 3. The number of likely N-dealkylation sites (N-methyl/N-ethyl adjacent to an activating group) is 1. The van der Waals surface area contributed by atoms with Crippen molar-refractivity contribution >= 4 is 29.2 Å². The van der Waals surface area contributed by atoms with Crippen LogP contribution in [0.3, 0.4) is 0 Å². The van der Waals surface area contributed by atoms with Crippen LogP contribution in [0, 0.1) is 17.8 Å². The Labute approximate surface area is 271 Å². The van der Waals surface area contributed by atoms with Gasteiger partial charge in [0.1, 0.15) is 22.8 Å². The number of amides is 1. The van der Waals surface area contributed by atoms with Crippen LogP contribution in [-0.2, 0) is 36.9 Å². The van der Waals surface area contributed by atoms with Crippen molar-refractivity contribution in [3.05, 3.63) is 70.0 Å². The lowest BCUT2D eigenvalue weighted by molar-refractivity contribution is -0.153. The quantitative estimate of drug-likeness (QED) is 0.228. The van der Waals surface area contributed by atoms with E-state index in [2.05, 4.69) is 4.90 Å². The fourth-order valence-electron chi connectivity index (χ4n) is 8.06. The van der Waals surface area contributed by atoms with Crippen LogP contribution in [-0.4, -0.2) is 99.6 Å². The molecule has 0 unspecified atom stereocenters. The van der Waals surface area contributed by atoms with Gasteiger partial charge < -0.3 is 30.9 Å². The monoisotopic (exact) mass is 645 g/mol. The summed E-state index contributed by atoms with van der Waals surface area (Å²) in [7, 11) is 4.55. The number of methoxy groups -OCH3 is 1. The van der Waals surface area contributed by atoms with E-state index >= 15 is 0 Å². The number of benzene rings is 2. The summed E-state index contributed by atoms with van der Waals surface area (Å²) in [5.41, 5.74) is 5.00. The summed E-state index contributed by atoms with van der Waals surface area (Å²) in [5, 5.41) is 45.3. The molecule has 4 aliphatic rings. The molecule has 1 aliphatic heterocycles. The third-order valence-electron chi connectivity index (χ3n) is 10.4. The van der Waals surface area contributed by atoms with E-state index in [1.807, 2.05) is 24.3 Å². The summed E-state index contributed by atoms with van der Waals surface area (Å²) in [6, 6.07) is 9.97. The van der Waals surface area contributed by atoms with E-state index < -0.39 is 58.0 Å². The number of nitrogens with zero attached hydrogens (tertiary/aromatic N) is 2. The predicted molar refractivity (Wildman–Crippen MR) is 170 cm³/mol. The number of hydrogen-bond acceptors (Lipinski definition) is 11. The maximum Gasteiger partial charge on any atom is 0.308 e. The lowest BCUT2D eigenvalue weighted by Gasteiger charge is -2.50. The van der Waals surface area contributed by atoms with Crippen LogP contribution in [0.25, 0.3) is 16.9 Å². The Morgan fingerprint density at radius 1 is 1.04 bits per heavy atom. The Balaban J connectivity index is 1.34. The standard InChI is InChI=1S/C35H39N3O9/c1-37(2)28-23-15-20-14-22-21(18-6-4-17(5-7-18)16-38-12-10-19(11-13-38)34(45)47-3)8-9-24(39)26(22)29(40)25(20)31(42)35(23,46)32(43)27(30(28)41)33(36)44/h4-9,19-20,23,28,39-40,43,46H,10-16H2,1-3H3,(H2,36,44)/t20-,23-,28-,35+/m1/s1. The molecule has 1 saturated heterocycles. The lowest BCUT2D eigenvalue weighted by Crippen LogP contribution is -2.65. The van der Waals surface area contributed by atoms with E-state index in [1.54, 1.807) is 20.2 Å². The van der Waals surface area contributed by atoms with Gasteiger partial charge in [-0.3, -0.25) is 29.0 Å². The summed E-state index contributed by atoms with van der Waals surface area (Å²) in [6.45, 7) is 2.29. The molecule has 47 heavy (non-hydrogen) atoms. The second-order valence-corrected chi connectivity index (χ2v) is 13.2. The Bertz CT molecular complexity index is 1740. The van der Waals surface area contributed by atoms with Crippen molar-refractivity contribution in [3.63, 3.8) is 0 Å². The number of aromatic hydroxyl groups is 1. The number of piperidine rings is 1. The number of nitrogens with two attached hydrogens (primary N) is 1. The number of phenolic OH excluding ortho intramolecular Hbond substituents is 1. The van der Waals surface area contributed by atoms with Crippen LogP contribution in [0.15, 0.2) is 53.3 Å². The van der Waals surface area contributed by atoms with Gasteiger partial charge in [-0.05, 0) is 87.1 Å². The van der Waals surface area contributed by atoms with Gasteiger partial charge in [-0.25, -0.2) is 0 Å². The van der Waals surface area contributed by atoms with E-state index in [0.29, 0.717) is 12.1 Å². The minimum atomic E-state index is -2.68. The van der Waals surface area contributed by atoms with Gasteiger partial charge in [-0.15, -0.1) is 0 Å². The topological polar surface area (TPSA) is 191 Å². The molecule has 0 bridgehead atoms. The largest absolute Gasteiger partial charge is 0.508 e. The van der Waals surface area contributed by atoms with Gasteiger partial charge in [0.25, 0.3) is 5.91 Å². The second kappa shape index (κ2) is 11.9. The van der Waals surface area contributed by atoms with Gasteiger partial charge in [0.15, 0.2) is 11.4 Å². The molecular weight excluding hydrogens is 606 g/mol. The number of ether oxygens (including phenoxy) is 1. The highest BCUT2D eigenvalue weighted by molar-refractivity contribution is 6.24. The number of aliphatic hydroxyl groups is 3. The van der Waals surface area contributed by atoms with Crippen LogP contribution < -0.4 is 5.73 Å². The molecule has 6 rings (SSSR count). The van der Waals surface area contributed by atoms with E-state index in [-0.39, 0.29) is 41.6 Å². The molecule has 0 aromatic heterocycles. The van der Waals surface area contributed by atoms with Gasteiger partial charge in [-0.1, -0.05) is 30.3 Å². The number of phenols is 1. The number of carbonyl (C=O) groups is 4. The van der Waals surface area contributed by atoms with Crippen LogP contribution in [0.2, 0.25) is 0 Å².